The zero-order valence-corrected chi connectivity index (χ0v) is 24.1. The van der Waals surface area contributed by atoms with Crippen LogP contribution in [0.2, 0.25) is 0 Å². The molecule has 0 radical (unpaired) electrons. The van der Waals surface area contributed by atoms with Crippen molar-refractivity contribution in [2.24, 2.45) is 0 Å². The number of fused-ring (bicyclic) bond motifs is 1. The van der Waals surface area contributed by atoms with Gasteiger partial charge in [0.15, 0.2) is 0 Å². The van der Waals surface area contributed by atoms with Crippen molar-refractivity contribution >= 4 is 29.4 Å². The number of thioether (sulfide) groups is 1. The summed E-state index contributed by atoms with van der Waals surface area (Å²) in [6.45, 7) is 6.86. The number of carbonyl (C=O) groups is 2. The Hall–Kier alpha value is -3.88. The molecule has 1 aliphatic heterocycles. The number of benzene rings is 3. The van der Waals surface area contributed by atoms with Gasteiger partial charge in [0.2, 0.25) is 11.8 Å². The van der Waals surface area contributed by atoms with E-state index in [2.05, 4.69) is 37.4 Å². The fourth-order valence-corrected chi connectivity index (χ4v) is 6.45. The first-order valence-corrected chi connectivity index (χ1v) is 14.4. The summed E-state index contributed by atoms with van der Waals surface area (Å²) in [6, 6.07) is 24.5. The summed E-state index contributed by atoms with van der Waals surface area (Å²) in [6.07, 6.45) is 0. The van der Waals surface area contributed by atoms with Crippen LogP contribution in [0.15, 0.2) is 72.8 Å². The lowest BCUT2D eigenvalue weighted by molar-refractivity contribution is -0.123. The van der Waals surface area contributed by atoms with E-state index in [9.17, 15) is 9.59 Å². The van der Waals surface area contributed by atoms with E-state index in [-0.39, 0.29) is 29.4 Å². The van der Waals surface area contributed by atoms with Crippen molar-refractivity contribution in [1.82, 2.24) is 15.1 Å². The minimum absolute atomic E-state index is 0.110. The molecule has 0 spiro atoms. The number of aryl methyl sites for hydroxylation is 3. The van der Waals surface area contributed by atoms with E-state index in [0.717, 1.165) is 44.8 Å². The van der Waals surface area contributed by atoms with Crippen molar-refractivity contribution in [2.75, 3.05) is 37.5 Å². The van der Waals surface area contributed by atoms with Crippen LogP contribution in [0.3, 0.4) is 0 Å². The van der Waals surface area contributed by atoms with Crippen LogP contribution in [0.4, 0.5) is 5.82 Å². The van der Waals surface area contributed by atoms with Crippen LogP contribution >= 0.6 is 11.8 Å². The van der Waals surface area contributed by atoms with Gasteiger partial charge in [-0.05, 0) is 43.5 Å². The number of nitrogens with one attached hydrogen (secondary N) is 1. The minimum atomic E-state index is -0.245. The monoisotopic (exact) mass is 554 g/mol. The summed E-state index contributed by atoms with van der Waals surface area (Å²) in [5.74, 6) is 0.496. The number of anilines is 1. The molecule has 0 bridgehead atoms. The van der Waals surface area contributed by atoms with E-state index in [1.54, 1.807) is 23.8 Å². The summed E-state index contributed by atoms with van der Waals surface area (Å²) < 4.78 is 6.96. The van der Waals surface area contributed by atoms with E-state index < -0.39 is 0 Å². The van der Waals surface area contributed by atoms with Crippen molar-refractivity contribution < 1.29 is 14.3 Å². The quantitative estimate of drug-likeness (QED) is 0.295. The van der Waals surface area contributed by atoms with Crippen LogP contribution in [0.1, 0.15) is 33.1 Å². The van der Waals surface area contributed by atoms with E-state index in [1.807, 2.05) is 66.2 Å². The maximum absolute atomic E-state index is 13.8. The second-order valence-electron chi connectivity index (χ2n) is 10.0. The van der Waals surface area contributed by atoms with E-state index in [4.69, 9.17) is 9.84 Å². The predicted molar refractivity (Wildman–Crippen MR) is 161 cm³/mol. The van der Waals surface area contributed by atoms with Gasteiger partial charge in [0.25, 0.3) is 0 Å². The zero-order chi connectivity index (χ0) is 28.2. The van der Waals surface area contributed by atoms with Gasteiger partial charge in [-0.25, -0.2) is 4.68 Å². The molecule has 206 valence electrons. The van der Waals surface area contributed by atoms with E-state index in [0.29, 0.717) is 19.0 Å². The Balaban J connectivity index is 1.78. The molecule has 3 aromatic carbocycles. The fourth-order valence-electron chi connectivity index (χ4n) is 5.16. The second-order valence-corrected chi connectivity index (χ2v) is 11.1. The van der Waals surface area contributed by atoms with Gasteiger partial charge in [-0.2, -0.15) is 5.10 Å². The lowest BCUT2D eigenvalue weighted by Crippen LogP contribution is -2.43. The number of amides is 2. The molecule has 2 heterocycles. The number of ether oxygens (including phenoxy) is 1. The molecule has 0 saturated heterocycles. The summed E-state index contributed by atoms with van der Waals surface area (Å²) in [5, 5.41) is 7.92. The van der Waals surface area contributed by atoms with Crippen LogP contribution in [0, 0.1) is 20.8 Å². The van der Waals surface area contributed by atoms with E-state index >= 15 is 0 Å². The molecule has 8 heteroatoms. The lowest BCUT2D eigenvalue weighted by Gasteiger charge is -2.24. The van der Waals surface area contributed by atoms with Crippen LogP contribution in [0.25, 0.3) is 16.9 Å². The molecule has 0 saturated carbocycles. The summed E-state index contributed by atoms with van der Waals surface area (Å²) >= 11 is 1.58. The van der Waals surface area contributed by atoms with Crippen molar-refractivity contribution in [2.45, 2.75) is 26.0 Å². The molecule has 0 fully saturated rings. The Bertz CT molecular complexity index is 1530. The summed E-state index contributed by atoms with van der Waals surface area (Å²) in [7, 11) is 1.59. The van der Waals surface area contributed by atoms with Crippen molar-refractivity contribution in [3.05, 3.63) is 101 Å². The number of nitrogens with zero attached hydrogens (tertiary/aromatic N) is 3. The van der Waals surface area contributed by atoms with Crippen molar-refractivity contribution in [3.8, 4) is 16.9 Å². The zero-order valence-electron chi connectivity index (χ0n) is 23.3. The number of aromatic nitrogens is 2. The number of hydrogen-bond donors (Lipinski definition) is 1. The molecule has 1 aromatic heterocycles. The van der Waals surface area contributed by atoms with Crippen LogP contribution in [0.5, 0.6) is 0 Å². The molecule has 40 heavy (non-hydrogen) atoms. The third-order valence-electron chi connectivity index (χ3n) is 7.12. The molecule has 5 rings (SSSR count). The van der Waals surface area contributed by atoms with E-state index in [1.165, 1.54) is 0 Å². The van der Waals surface area contributed by atoms with Gasteiger partial charge in [-0.3, -0.25) is 14.5 Å². The standard InChI is InChI=1S/C32H34N4O3S/c1-21-14-15-26(23(3)18-21)36-32-29(30(34-36)24-11-6-5-7-12-24)31(25-13-9-8-10-22(25)2)40-20-28(38)35(32)19-27(37)33-16-17-39-4/h5-15,18,31H,16-17,19-20H2,1-4H3,(H,33,37). The molecule has 1 atom stereocenters. The van der Waals surface area contributed by atoms with Crippen LogP contribution < -0.4 is 10.2 Å². The molecule has 0 aliphatic carbocycles. The highest BCUT2D eigenvalue weighted by atomic mass is 32.2. The summed E-state index contributed by atoms with van der Waals surface area (Å²) in [4.78, 5) is 28.5. The van der Waals surface area contributed by atoms with Gasteiger partial charge in [-0.1, -0.05) is 72.3 Å². The smallest absolute Gasteiger partial charge is 0.240 e. The number of methoxy groups -OCH3 is 1. The SMILES string of the molecule is COCCNC(=O)CN1C(=O)CSC(c2ccccc2C)c2c(-c3ccccc3)nn(-c3ccc(C)cc3C)c21. The third-order valence-corrected chi connectivity index (χ3v) is 8.35. The highest BCUT2D eigenvalue weighted by Gasteiger charge is 2.38. The van der Waals surface area contributed by atoms with Gasteiger partial charge >= 0.3 is 0 Å². The predicted octanol–water partition coefficient (Wildman–Crippen LogP) is 5.40. The highest BCUT2D eigenvalue weighted by Crippen LogP contribution is 2.49. The topological polar surface area (TPSA) is 76.5 Å². The highest BCUT2D eigenvalue weighted by molar-refractivity contribution is 8.00. The van der Waals surface area contributed by atoms with Crippen LogP contribution in [-0.2, 0) is 14.3 Å². The van der Waals surface area contributed by atoms with Gasteiger partial charge in [-0.15, -0.1) is 11.8 Å². The molecule has 1 aliphatic rings. The molecule has 1 unspecified atom stereocenters. The number of carbonyl (C=O) groups excluding carboxylic acids is 2. The average Bonchev–Trinajstić information content (AvgIpc) is 3.26. The largest absolute Gasteiger partial charge is 0.383 e. The Morgan fingerprint density at radius 2 is 1.77 bits per heavy atom. The molecule has 7 nitrogen and oxygen atoms in total. The fraction of sp³-hybridized carbons (Fsp3) is 0.281. The van der Waals surface area contributed by atoms with Gasteiger partial charge in [0.05, 0.1) is 29.0 Å². The first kappa shape index (κ1) is 27.7. The lowest BCUT2D eigenvalue weighted by atomic mass is 9.96. The first-order chi connectivity index (χ1) is 19.4. The minimum Gasteiger partial charge on any atom is -0.383 e. The molecule has 4 aromatic rings. The van der Waals surface area contributed by atoms with Gasteiger partial charge in [0.1, 0.15) is 12.4 Å². The second kappa shape index (κ2) is 12.1. The molecule has 2 amide bonds. The Kier molecular flexibility index (Phi) is 8.38. The van der Waals surface area contributed by atoms with Crippen molar-refractivity contribution in [1.29, 1.82) is 0 Å². The maximum atomic E-state index is 13.8. The molecular weight excluding hydrogens is 520 g/mol. The Labute approximate surface area is 239 Å². The third kappa shape index (κ3) is 5.55. The van der Waals surface area contributed by atoms with Crippen molar-refractivity contribution in [3.63, 3.8) is 0 Å². The average molecular weight is 555 g/mol. The van der Waals surface area contributed by atoms with Gasteiger partial charge < -0.3 is 10.1 Å². The summed E-state index contributed by atoms with van der Waals surface area (Å²) in [5.41, 5.74) is 8.01. The maximum Gasteiger partial charge on any atom is 0.240 e. The van der Waals surface area contributed by atoms with Crippen LogP contribution in [-0.4, -0.2) is 54.2 Å². The molecular formula is C32H34N4O3S. The molecule has 1 N–H and O–H groups in total. The number of hydrogen-bond acceptors (Lipinski definition) is 5. The first-order valence-electron chi connectivity index (χ1n) is 13.4. The van der Waals surface area contributed by atoms with Gasteiger partial charge in [0, 0.05) is 24.8 Å². The Morgan fingerprint density at radius 3 is 2.50 bits per heavy atom. The normalized spacial score (nSPS) is 15.1. The number of rotatable bonds is 8. The Morgan fingerprint density at radius 1 is 1.02 bits per heavy atom.